The van der Waals surface area contributed by atoms with Crippen LogP contribution in [0.1, 0.15) is 19.8 Å². The maximum atomic E-state index is 8.84. The van der Waals surface area contributed by atoms with E-state index in [1.165, 1.54) is 0 Å². The summed E-state index contributed by atoms with van der Waals surface area (Å²) < 4.78 is 17.3. The zero-order valence-corrected chi connectivity index (χ0v) is 12.1. The predicted molar refractivity (Wildman–Crippen MR) is 72.7 cm³/mol. The second kappa shape index (κ2) is 8.39. The molecule has 0 aliphatic carbocycles. The molecule has 0 radical (unpaired) electrons. The molecule has 4 nitrogen and oxygen atoms in total. The van der Waals surface area contributed by atoms with E-state index in [0.29, 0.717) is 19.6 Å². The molecular weight excluding hydrogens is 248 g/mol. The predicted octanol–water partition coefficient (Wildman–Crippen LogP) is 1.30. The summed E-state index contributed by atoms with van der Waals surface area (Å²) in [4.78, 5) is 0. The van der Waals surface area contributed by atoms with Gasteiger partial charge in [0.2, 0.25) is 0 Å². The van der Waals surface area contributed by atoms with Gasteiger partial charge in [0.25, 0.3) is 0 Å². The monoisotopic (exact) mass is 270 g/mol. The van der Waals surface area contributed by atoms with E-state index in [1.807, 2.05) is 37.3 Å². The Kier molecular flexibility index (Phi) is 7.15. The van der Waals surface area contributed by atoms with Crippen molar-refractivity contribution in [1.82, 2.24) is 0 Å². The number of aliphatic hydroxyl groups is 1. The summed E-state index contributed by atoms with van der Waals surface area (Å²) in [5.74, 6) is 0. The van der Waals surface area contributed by atoms with Gasteiger partial charge in [0.15, 0.2) is 0 Å². The highest BCUT2D eigenvalue weighted by Gasteiger charge is 2.42. The molecule has 0 saturated carbocycles. The third-order valence-electron chi connectivity index (χ3n) is 2.49. The minimum Gasteiger partial charge on any atom is -0.396 e. The summed E-state index contributed by atoms with van der Waals surface area (Å²) in [5, 5.41) is 9.79. The highest BCUT2D eigenvalue weighted by Crippen LogP contribution is 2.10. The zero-order valence-electron chi connectivity index (χ0n) is 11.1. The lowest BCUT2D eigenvalue weighted by Crippen LogP contribution is -2.56. The maximum absolute atomic E-state index is 8.84. The summed E-state index contributed by atoms with van der Waals surface area (Å²) in [6.07, 6.45) is 1.49. The van der Waals surface area contributed by atoms with Crippen LogP contribution in [0.2, 0.25) is 0 Å². The molecule has 0 saturated heterocycles. The Labute approximate surface area is 110 Å². The molecule has 1 aromatic carbocycles. The van der Waals surface area contributed by atoms with Gasteiger partial charge in [0.05, 0.1) is 0 Å². The quantitative estimate of drug-likeness (QED) is 0.543. The topological polar surface area (TPSA) is 47.9 Å². The van der Waals surface area contributed by atoms with Gasteiger partial charge in [-0.3, -0.25) is 0 Å². The van der Waals surface area contributed by atoms with Crippen LogP contribution in [0.25, 0.3) is 0 Å². The molecule has 1 atom stereocenters. The fourth-order valence-electron chi connectivity index (χ4n) is 1.59. The van der Waals surface area contributed by atoms with Gasteiger partial charge in [0, 0.05) is 32.1 Å². The van der Waals surface area contributed by atoms with E-state index >= 15 is 0 Å². The summed E-state index contributed by atoms with van der Waals surface area (Å²) in [7, 11) is -1.20. The van der Waals surface area contributed by atoms with Crippen LogP contribution in [-0.4, -0.2) is 40.8 Å². The first-order chi connectivity index (χ1) is 8.79. The van der Waals surface area contributed by atoms with Crippen molar-refractivity contribution in [3.63, 3.8) is 0 Å². The lowest BCUT2D eigenvalue weighted by molar-refractivity contribution is 0.0857. The molecule has 0 amide bonds. The molecule has 0 bridgehead atoms. The van der Waals surface area contributed by atoms with Crippen molar-refractivity contribution < 1.29 is 18.4 Å². The lowest BCUT2D eigenvalue weighted by atomic mass is 10.4. The molecule has 0 fully saturated rings. The third kappa shape index (κ3) is 4.19. The van der Waals surface area contributed by atoms with Crippen LogP contribution < -0.4 is 5.19 Å². The van der Waals surface area contributed by atoms with E-state index in [-0.39, 0.29) is 6.61 Å². The van der Waals surface area contributed by atoms with Crippen LogP contribution in [0.15, 0.2) is 30.3 Å². The van der Waals surface area contributed by atoms with E-state index in [9.17, 15) is 0 Å². The van der Waals surface area contributed by atoms with Crippen LogP contribution in [0.3, 0.4) is 0 Å². The largest absolute Gasteiger partial charge is 0.536 e. The Hall–Kier alpha value is -0.723. The Morgan fingerprint density at radius 1 is 1.11 bits per heavy atom. The molecule has 0 aromatic heterocycles. The first kappa shape index (κ1) is 15.3. The minimum atomic E-state index is -2.81. The van der Waals surface area contributed by atoms with Crippen molar-refractivity contribution in [3.05, 3.63) is 30.3 Å². The van der Waals surface area contributed by atoms with E-state index in [1.54, 1.807) is 7.11 Å². The highest BCUT2D eigenvalue weighted by atomic mass is 28.4. The molecule has 5 heteroatoms. The average molecular weight is 270 g/mol. The summed E-state index contributed by atoms with van der Waals surface area (Å²) in [6, 6.07) is 9.77. The van der Waals surface area contributed by atoms with Crippen LogP contribution in [-0.2, 0) is 13.3 Å². The molecule has 18 heavy (non-hydrogen) atoms. The van der Waals surface area contributed by atoms with Crippen LogP contribution in [0, 0.1) is 0 Å². The molecule has 0 heterocycles. The molecule has 1 rings (SSSR count). The summed E-state index contributed by atoms with van der Waals surface area (Å²) in [6.45, 7) is 3.20. The summed E-state index contributed by atoms with van der Waals surface area (Å²) >= 11 is 0. The third-order valence-corrected chi connectivity index (χ3v) is 5.23. The SMILES string of the molecule is CCCO[Si](OC)(OCCCO)c1ccccc1. The number of hydrogen-bond acceptors (Lipinski definition) is 4. The van der Waals surface area contributed by atoms with Crippen molar-refractivity contribution in [3.8, 4) is 0 Å². The van der Waals surface area contributed by atoms with Gasteiger partial charge in [-0.05, 0) is 12.8 Å². The molecule has 0 aliphatic heterocycles. The second-order valence-electron chi connectivity index (χ2n) is 3.90. The molecule has 1 aromatic rings. The first-order valence-corrected chi connectivity index (χ1v) is 8.01. The fourth-order valence-corrected chi connectivity index (χ4v) is 3.97. The number of benzene rings is 1. The van der Waals surface area contributed by atoms with Gasteiger partial charge >= 0.3 is 8.80 Å². The molecule has 0 spiro atoms. The highest BCUT2D eigenvalue weighted by molar-refractivity contribution is 6.75. The van der Waals surface area contributed by atoms with E-state index in [4.69, 9.17) is 18.4 Å². The van der Waals surface area contributed by atoms with Gasteiger partial charge in [-0.25, -0.2) is 0 Å². The fraction of sp³-hybridized carbons (Fsp3) is 0.538. The van der Waals surface area contributed by atoms with E-state index < -0.39 is 8.80 Å². The molecule has 1 N–H and O–H groups in total. The molecular formula is C13H22O4Si. The molecule has 102 valence electrons. The minimum absolute atomic E-state index is 0.108. The summed E-state index contributed by atoms with van der Waals surface area (Å²) in [5.41, 5.74) is 0. The van der Waals surface area contributed by atoms with Crippen molar-refractivity contribution in [2.45, 2.75) is 19.8 Å². The smallest absolute Gasteiger partial charge is 0.396 e. The van der Waals surface area contributed by atoms with Gasteiger partial charge in [-0.2, -0.15) is 0 Å². The van der Waals surface area contributed by atoms with Crippen LogP contribution >= 0.6 is 0 Å². The van der Waals surface area contributed by atoms with Crippen molar-refractivity contribution >= 4 is 14.0 Å². The number of aliphatic hydroxyl groups excluding tert-OH is 1. The molecule has 1 unspecified atom stereocenters. The average Bonchev–Trinajstić information content (AvgIpc) is 2.44. The van der Waals surface area contributed by atoms with Gasteiger partial charge in [0.1, 0.15) is 0 Å². The van der Waals surface area contributed by atoms with Crippen LogP contribution in [0.4, 0.5) is 0 Å². The second-order valence-corrected chi connectivity index (χ2v) is 6.58. The molecule has 0 aliphatic rings. The van der Waals surface area contributed by atoms with Gasteiger partial charge in [-0.1, -0.05) is 37.3 Å². The van der Waals surface area contributed by atoms with Crippen molar-refractivity contribution in [1.29, 1.82) is 0 Å². The maximum Gasteiger partial charge on any atom is 0.536 e. The van der Waals surface area contributed by atoms with Gasteiger partial charge < -0.3 is 18.4 Å². The zero-order chi connectivity index (χ0) is 13.3. The lowest BCUT2D eigenvalue weighted by Gasteiger charge is -2.28. The Morgan fingerprint density at radius 2 is 1.78 bits per heavy atom. The van der Waals surface area contributed by atoms with Crippen molar-refractivity contribution in [2.24, 2.45) is 0 Å². The standard InChI is InChI=1S/C13H22O4Si/c1-3-11-16-18(15-2,17-12-7-10-14)13-8-5-4-6-9-13/h4-6,8-9,14H,3,7,10-12H2,1-2H3. The Bertz CT molecular complexity index is 320. The Balaban J connectivity index is 2.83. The van der Waals surface area contributed by atoms with Crippen LogP contribution in [0.5, 0.6) is 0 Å². The van der Waals surface area contributed by atoms with E-state index in [0.717, 1.165) is 11.6 Å². The number of rotatable bonds is 9. The van der Waals surface area contributed by atoms with E-state index in [2.05, 4.69) is 0 Å². The van der Waals surface area contributed by atoms with Crippen molar-refractivity contribution in [2.75, 3.05) is 26.9 Å². The number of hydrogen-bond donors (Lipinski definition) is 1. The normalized spacial score (nSPS) is 14.4. The Morgan fingerprint density at radius 3 is 2.33 bits per heavy atom. The first-order valence-electron chi connectivity index (χ1n) is 6.28. The van der Waals surface area contributed by atoms with Gasteiger partial charge in [-0.15, -0.1) is 0 Å².